The molecular weight excluding hydrogens is 314 g/mol. The highest BCUT2D eigenvalue weighted by atomic mass is 16.5. The van der Waals surface area contributed by atoms with Gasteiger partial charge in [-0.1, -0.05) is 6.07 Å². The van der Waals surface area contributed by atoms with E-state index in [0.717, 1.165) is 37.3 Å². The highest BCUT2D eigenvalue weighted by Gasteiger charge is 2.57. The van der Waals surface area contributed by atoms with Crippen molar-refractivity contribution < 1.29 is 14.6 Å². The van der Waals surface area contributed by atoms with Crippen molar-refractivity contribution in [1.82, 2.24) is 4.90 Å². The average Bonchev–Trinajstić information content (AvgIpc) is 3.41. The van der Waals surface area contributed by atoms with Gasteiger partial charge in [-0.3, -0.25) is 9.69 Å². The number of aromatic hydroxyl groups is 1. The van der Waals surface area contributed by atoms with Crippen LogP contribution in [0, 0.1) is 11.8 Å². The smallest absolute Gasteiger partial charge is 0.161 e. The van der Waals surface area contributed by atoms with Gasteiger partial charge in [0.15, 0.2) is 11.5 Å². The number of piperidine rings is 1. The van der Waals surface area contributed by atoms with Gasteiger partial charge in [-0.2, -0.15) is 0 Å². The standard InChI is InChI=1S/C21H27NO3/c1-25-18-7-4-14-10-17-16-6-5-15(23)11-21(16,19(14)20(18)24)8-9-22(17)12-13-2-3-13/h4,7,13,16-17,24H,2-3,5-6,8-12H2,1H3/t16-,17+,21-/m0/s1. The van der Waals surface area contributed by atoms with Crippen LogP contribution >= 0.6 is 0 Å². The minimum absolute atomic E-state index is 0.174. The van der Waals surface area contributed by atoms with Crippen molar-refractivity contribution in [1.29, 1.82) is 0 Å². The monoisotopic (exact) mass is 341 g/mol. The first-order chi connectivity index (χ1) is 12.1. The Hall–Kier alpha value is -1.55. The lowest BCUT2D eigenvalue weighted by atomic mass is 9.52. The number of hydrogen-bond donors (Lipinski definition) is 1. The van der Waals surface area contributed by atoms with Crippen LogP contribution in [0.15, 0.2) is 12.1 Å². The van der Waals surface area contributed by atoms with E-state index in [1.165, 1.54) is 24.9 Å². The number of ether oxygens (including phenoxy) is 1. The van der Waals surface area contributed by atoms with Crippen LogP contribution < -0.4 is 4.74 Å². The molecule has 0 spiro atoms. The van der Waals surface area contributed by atoms with Crippen LogP contribution in [-0.4, -0.2) is 42.0 Å². The minimum Gasteiger partial charge on any atom is -0.504 e. The van der Waals surface area contributed by atoms with E-state index in [9.17, 15) is 9.90 Å². The summed E-state index contributed by atoms with van der Waals surface area (Å²) in [7, 11) is 1.60. The summed E-state index contributed by atoms with van der Waals surface area (Å²) in [6.45, 7) is 2.28. The molecular formula is C21H27NO3. The number of likely N-dealkylation sites (tertiary alicyclic amines) is 1. The summed E-state index contributed by atoms with van der Waals surface area (Å²) >= 11 is 0. The molecule has 3 atom stereocenters. The lowest BCUT2D eigenvalue weighted by molar-refractivity contribution is -0.127. The molecule has 0 amide bonds. The second kappa shape index (κ2) is 5.47. The molecule has 1 N–H and O–H groups in total. The first kappa shape index (κ1) is 15.7. The second-order valence-corrected chi connectivity index (χ2v) is 8.63. The highest BCUT2D eigenvalue weighted by molar-refractivity contribution is 5.82. The number of phenols is 1. The maximum Gasteiger partial charge on any atom is 0.161 e. The Labute approximate surface area is 149 Å². The fraction of sp³-hybridized carbons (Fsp3) is 0.667. The third kappa shape index (κ3) is 2.26. The van der Waals surface area contributed by atoms with Crippen LogP contribution in [0.1, 0.15) is 49.7 Å². The molecule has 1 saturated heterocycles. The molecule has 2 bridgehead atoms. The Kier molecular flexibility index (Phi) is 3.43. The Morgan fingerprint density at radius 2 is 2.16 bits per heavy atom. The second-order valence-electron chi connectivity index (χ2n) is 8.63. The molecule has 3 aliphatic carbocycles. The van der Waals surface area contributed by atoms with Gasteiger partial charge in [0.1, 0.15) is 5.78 Å². The Morgan fingerprint density at radius 1 is 1.32 bits per heavy atom. The normalized spacial score (nSPS) is 34.4. The number of hydrogen-bond acceptors (Lipinski definition) is 4. The molecule has 4 aliphatic rings. The number of Topliss-reactive ketones (excluding diaryl/α,β-unsaturated/α-hetero) is 1. The van der Waals surface area contributed by atoms with E-state index in [0.29, 0.717) is 36.3 Å². The van der Waals surface area contributed by atoms with Gasteiger partial charge in [-0.25, -0.2) is 0 Å². The maximum absolute atomic E-state index is 12.4. The van der Waals surface area contributed by atoms with Gasteiger partial charge in [-0.15, -0.1) is 0 Å². The molecule has 2 saturated carbocycles. The SMILES string of the molecule is COc1ccc2c(c1O)[C@]13CCN(CC4CC4)[C@H](C2)[C@@H]1CCC(=O)C3. The van der Waals surface area contributed by atoms with Crippen LogP contribution in [0.3, 0.4) is 0 Å². The van der Waals surface area contributed by atoms with Crippen LogP contribution in [0.5, 0.6) is 11.5 Å². The Balaban J connectivity index is 1.63. The van der Waals surface area contributed by atoms with Gasteiger partial charge in [0, 0.05) is 36.4 Å². The third-order valence-electron chi connectivity index (χ3n) is 7.30. The van der Waals surface area contributed by atoms with Crippen molar-refractivity contribution in [3.05, 3.63) is 23.3 Å². The minimum atomic E-state index is -0.174. The summed E-state index contributed by atoms with van der Waals surface area (Å²) in [5.41, 5.74) is 2.09. The fourth-order valence-corrected chi connectivity index (χ4v) is 6.02. The third-order valence-corrected chi connectivity index (χ3v) is 7.30. The molecule has 1 aromatic carbocycles. The molecule has 1 aromatic rings. The molecule has 0 aromatic heterocycles. The lowest BCUT2D eigenvalue weighted by Gasteiger charge is -2.58. The van der Waals surface area contributed by atoms with Crippen molar-refractivity contribution in [2.75, 3.05) is 20.2 Å². The van der Waals surface area contributed by atoms with Crippen molar-refractivity contribution in [2.24, 2.45) is 11.8 Å². The molecule has 4 nitrogen and oxygen atoms in total. The molecule has 4 heteroatoms. The van der Waals surface area contributed by atoms with Gasteiger partial charge in [0.25, 0.3) is 0 Å². The van der Waals surface area contributed by atoms with Gasteiger partial charge < -0.3 is 9.84 Å². The number of fused-ring (bicyclic) bond motifs is 1. The van der Waals surface area contributed by atoms with Crippen LogP contribution in [0.25, 0.3) is 0 Å². The van der Waals surface area contributed by atoms with E-state index in [4.69, 9.17) is 4.74 Å². The molecule has 3 fully saturated rings. The van der Waals surface area contributed by atoms with Crippen LogP contribution in [0.2, 0.25) is 0 Å². The average molecular weight is 341 g/mol. The summed E-state index contributed by atoms with van der Waals surface area (Å²) in [5.74, 6) is 2.57. The van der Waals surface area contributed by atoms with E-state index in [-0.39, 0.29) is 11.2 Å². The van der Waals surface area contributed by atoms with Crippen molar-refractivity contribution in [3.8, 4) is 11.5 Å². The number of carbonyl (C=O) groups excluding carboxylic acids is 1. The first-order valence-corrected chi connectivity index (χ1v) is 9.77. The molecule has 0 unspecified atom stereocenters. The summed E-state index contributed by atoms with van der Waals surface area (Å²) < 4.78 is 5.39. The largest absolute Gasteiger partial charge is 0.504 e. The number of rotatable bonds is 3. The number of phenolic OH excluding ortho intramolecular Hbond substituents is 1. The van der Waals surface area contributed by atoms with Gasteiger partial charge >= 0.3 is 0 Å². The highest BCUT2D eigenvalue weighted by Crippen LogP contribution is 2.58. The van der Waals surface area contributed by atoms with E-state index < -0.39 is 0 Å². The lowest BCUT2D eigenvalue weighted by Crippen LogP contribution is -2.62. The number of benzene rings is 1. The number of carbonyl (C=O) groups is 1. The van der Waals surface area contributed by atoms with Gasteiger partial charge in [0.05, 0.1) is 7.11 Å². The van der Waals surface area contributed by atoms with Crippen LogP contribution in [-0.2, 0) is 16.6 Å². The van der Waals surface area contributed by atoms with Gasteiger partial charge in [-0.05, 0) is 62.1 Å². The van der Waals surface area contributed by atoms with E-state index in [1.54, 1.807) is 7.11 Å². The molecule has 134 valence electrons. The number of ketones is 1. The molecule has 25 heavy (non-hydrogen) atoms. The van der Waals surface area contributed by atoms with Gasteiger partial charge in [0.2, 0.25) is 0 Å². The summed E-state index contributed by atoms with van der Waals surface area (Å²) in [6, 6.07) is 4.54. The Bertz CT molecular complexity index is 726. The zero-order valence-corrected chi connectivity index (χ0v) is 15.0. The zero-order chi connectivity index (χ0) is 17.2. The maximum atomic E-state index is 12.4. The number of methoxy groups -OCH3 is 1. The molecule has 1 aliphatic heterocycles. The van der Waals surface area contributed by atoms with Crippen molar-refractivity contribution >= 4 is 5.78 Å². The van der Waals surface area contributed by atoms with E-state index in [2.05, 4.69) is 11.0 Å². The summed E-state index contributed by atoms with van der Waals surface area (Å²) in [4.78, 5) is 15.1. The predicted octanol–water partition coefficient (Wildman–Crippen LogP) is 3.05. The predicted molar refractivity (Wildman–Crippen MR) is 95.1 cm³/mol. The topological polar surface area (TPSA) is 49.8 Å². The Morgan fingerprint density at radius 3 is 2.92 bits per heavy atom. The van der Waals surface area contributed by atoms with Crippen molar-refractivity contribution in [3.63, 3.8) is 0 Å². The summed E-state index contributed by atoms with van der Waals surface area (Å²) in [6.07, 6.45) is 7.03. The van der Waals surface area contributed by atoms with E-state index in [1.807, 2.05) is 6.07 Å². The molecule has 1 heterocycles. The van der Waals surface area contributed by atoms with E-state index >= 15 is 0 Å². The number of nitrogens with zero attached hydrogens (tertiary/aromatic N) is 1. The molecule has 0 radical (unpaired) electrons. The zero-order valence-electron chi connectivity index (χ0n) is 15.0. The first-order valence-electron chi connectivity index (χ1n) is 9.77. The fourth-order valence-electron chi connectivity index (χ4n) is 6.02. The van der Waals surface area contributed by atoms with Crippen LogP contribution in [0.4, 0.5) is 0 Å². The molecule has 5 rings (SSSR count). The summed E-state index contributed by atoms with van der Waals surface area (Å²) in [5, 5.41) is 10.9. The quantitative estimate of drug-likeness (QED) is 0.918. The van der Waals surface area contributed by atoms with Crippen molar-refractivity contribution in [2.45, 2.75) is 56.4 Å².